The molecule has 4 heteroatoms. The number of rotatable bonds is 4. The zero-order valence-corrected chi connectivity index (χ0v) is 10.4. The molecule has 1 rings (SSSR count). The topological polar surface area (TPSA) is 37.3 Å². The molecule has 0 radical (unpaired) electrons. The highest BCUT2D eigenvalue weighted by atomic mass is 32.2. The molecule has 16 heavy (non-hydrogen) atoms. The highest BCUT2D eigenvalue weighted by molar-refractivity contribution is 8.00. The van der Waals surface area contributed by atoms with Gasteiger partial charge in [0.15, 0.2) is 0 Å². The number of carbonyl (C=O) groups is 1. The lowest BCUT2D eigenvalue weighted by molar-refractivity contribution is -0.138. The van der Waals surface area contributed by atoms with E-state index in [-0.39, 0.29) is 5.82 Å². The van der Waals surface area contributed by atoms with Crippen molar-refractivity contribution in [3.63, 3.8) is 0 Å². The van der Waals surface area contributed by atoms with E-state index in [1.807, 2.05) is 6.92 Å². The second-order valence-corrected chi connectivity index (χ2v) is 5.77. The van der Waals surface area contributed by atoms with E-state index in [4.69, 9.17) is 5.11 Å². The summed E-state index contributed by atoms with van der Waals surface area (Å²) < 4.78 is 12.2. The minimum atomic E-state index is -0.855. The largest absolute Gasteiger partial charge is 0.480 e. The summed E-state index contributed by atoms with van der Waals surface area (Å²) in [5.74, 6) is -0.635. The van der Waals surface area contributed by atoms with Crippen LogP contribution in [0.5, 0.6) is 0 Å². The lowest BCUT2D eigenvalue weighted by Crippen LogP contribution is -2.27. The molecule has 0 saturated carbocycles. The Morgan fingerprint density at radius 1 is 1.50 bits per heavy atom. The molecule has 0 heterocycles. The SMILES string of the molecule is Cc1ccc(F)cc1CSC(C)(C)C(=O)O. The standard InChI is InChI=1S/C12H15FO2S/c1-8-4-5-10(13)6-9(8)7-16-12(2,3)11(14)15/h4-6H,7H2,1-3H3,(H,14,15). The summed E-state index contributed by atoms with van der Waals surface area (Å²) in [5, 5.41) is 8.95. The number of carboxylic acid groups (broad SMARTS) is 1. The molecular formula is C12H15FO2S. The van der Waals surface area contributed by atoms with Crippen LogP contribution in [-0.4, -0.2) is 15.8 Å². The molecule has 1 N–H and O–H groups in total. The summed E-state index contributed by atoms with van der Waals surface area (Å²) in [5.41, 5.74) is 1.83. The van der Waals surface area contributed by atoms with E-state index in [0.717, 1.165) is 11.1 Å². The van der Waals surface area contributed by atoms with E-state index < -0.39 is 10.7 Å². The molecule has 0 spiro atoms. The summed E-state index contributed by atoms with van der Waals surface area (Å²) in [6.07, 6.45) is 0. The van der Waals surface area contributed by atoms with E-state index in [0.29, 0.717) is 5.75 Å². The average molecular weight is 242 g/mol. The van der Waals surface area contributed by atoms with Crippen molar-refractivity contribution >= 4 is 17.7 Å². The second-order valence-electron chi connectivity index (χ2n) is 4.17. The highest BCUT2D eigenvalue weighted by Gasteiger charge is 2.27. The Balaban J connectivity index is 2.75. The number of carboxylic acids is 1. The first-order valence-electron chi connectivity index (χ1n) is 4.95. The van der Waals surface area contributed by atoms with E-state index in [2.05, 4.69) is 0 Å². The Hall–Kier alpha value is -1.03. The minimum Gasteiger partial charge on any atom is -0.480 e. The van der Waals surface area contributed by atoms with Crippen molar-refractivity contribution in [2.45, 2.75) is 31.3 Å². The number of aryl methyl sites for hydroxylation is 1. The van der Waals surface area contributed by atoms with Gasteiger partial charge < -0.3 is 5.11 Å². The molecule has 0 bridgehead atoms. The van der Waals surface area contributed by atoms with Gasteiger partial charge in [0.2, 0.25) is 0 Å². The molecule has 0 aromatic heterocycles. The van der Waals surface area contributed by atoms with Crippen molar-refractivity contribution in [1.82, 2.24) is 0 Å². The van der Waals surface area contributed by atoms with Gasteiger partial charge in [-0.05, 0) is 44.0 Å². The molecule has 0 aliphatic rings. The van der Waals surface area contributed by atoms with Gasteiger partial charge in [-0.25, -0.2) is 4.39 Å². The minimum absolute atomic E-state index is 0.283. The van der Waals surface area contributed by atoms with Gasteiger partial charge in [-0.1, -0.05) is 6.07 Å². The zero-order chi connectivity index (χ0) is 12.3. The van der Waals surface area contributed by atoms with Crippen LogP contribution in [0.25, 0.3) is 0 Å². The van der Waals surface area contributed by atoms with E-state index in [1.165, 1.54) is 23.9 Å². The van der Waals surface area contributed by atoms with Crippen molar-refractivity contribution < 1.29 is 14.3 Å². The predicted octanol–water partition coefficient (Wildman–Crippen LogP) is 3.23. The monoisotopic (exact) mass is 242 g/mol. The first-order valence-corrected chi connectivity index (χ1v) is 5.94. The number of aliphatic carboxylic acids is 1. The molecule has 0 amide bonds. The van der Waals surface area contributed by atoms with Crippen LogP contribution in [0.1, 0.15) is 25.0 Å². The molecular weight excluding hydrogens is 227 g/mol. The van der Waals surface area contributed by atoms with Crippen molar-refractivity contribution in [3.05, 3.63) is 35.1 Å². The lowest BCUT2D eigenvalue weighted by Gasteiger charge is -2.18. The van der Waals surface area contributed by atoms with Crippen LogP contribution in [0, 0.1) is 12.7 Å². The summed E-state index contributed by atoms with van der Waals surface area (Å²) in [7, 11) is 0. The third kappa shape index (κ3) is 3.23. The van der Waals surface area contributed by atoms with Gasteiger partial charge in [0, 0.05) is 5.75 Å². The van der Waals surface area contributed by atoms with Gasteiger partial charge in [0.05, 0.1) is 0 Å². The van der Waals surface area contributed by atoms with Gasteiger partial charge in [-0.2, -0.15) is 0 Å². The second kappa shape index (κ2) is 4.87. The van der Waals surface area contributed by atoms with Gasteiger partial charge in [0.1, 0.15) is 10.6 Å². The summed E-state index contributed by atoms with van der Waals surface area (Å²) in [4.78, 5) is 10.9. The van der Waals surface area contributed by atoms with Crippen LogP contribution in [-0.2, 0) is 10.5 Å². The summed E-state index contributed by atoms with van der Waals surface area (Å²) in [6.45, 7) is 5.19. The third-order valence-corrected chi connectivity index (χ3v) is 3.77. The molecule has 0 aliphatic carbocycles. The maximum Gasteiger partial charge on any atom is 0.319 e. The van der Waals surface area contributed by atoms with Gasteiger partial charge in [0.25, 0.3) is 0 Å². The average Bonchev–Trinajstić information content (AvgIpc) is 2.19. The molecule has 0 fully saturated rings. The fourth-order valence-corrected chi connectivity index (χ4v) is 2.07. The van der Waals surface area contributed by atoms with Crippen LogP contribution in [0.3, 0.4) is 0 Å². The van der Waals surface area contributed by atoms with Crippen molar-refractivity contribution in [2.75, 3.05) is 0 Å². The Kier molecular flexibility index (Phi) is 3.97. The van der Waals surface area contributed by atoms with Gasteiger partial charge in [-0.3, -0.25) is 4.79 Å². The molecule has 1 aromatic rings. The van der Waals surface area contributed by atoms with Crippen LogP contribution in [0.4, 0.5) is 4.39 Å². The fraction of sp³-hybridized carbons (Fsp3) is 0.417. The first kappa shape index (κ1) is 13.0. The van der Waals surface area contributed by atoms with Crippen LogP contribution in [0.2, 0.25) is 0 Å². The van der Waals surface area contributed by atoms with Gasteiger partial charge in [-0.15, -0.1) is 11.8 Å². The molecule has 0 atom stereocenters. The zero-order valence-electron chi connectivity index (χ0n) is 9.58. The number of thioether (sulfide) groups is 1. The predicted molar refractivity (Wildman–Crippen MR) is 64.1 cm³/mol. The Labute approximate surface area is 98.9 Å². The molecule has 2 nitrogen and oxygen atoms in total. The smallest absolute Gasteiger partial charge is 0.319 e. The quantitative estimate of drug-likeness (QED) is 0.880. The van der Waals surface area contributed by atoms with Crippen LogP contribution >= 0.6 is 11.8 Å². The third-order valence-electron chi connectivity index (χ3n) is 2.41. The van der Waals surface area contributed by atoms with E-state index in [1.54, 1.807) is 19.9 Å². The number of benzene rings is 1. The highest BCUT2D eigenvalue weighted by Crippen LogP contribution is 2.29. The van der Waals surface area contributed by atoms with Crippen LogP contribution < -0.4 is 0 Å². The fourth-order valence-electron chi connectivity index (χ4n) is 1.12. The maximum atomic E-state index is 13.0. The normalized spacial score (nSPS) is 11.5. The Bertz CT molecular complexity index is 402. The Morgan fingerprint density at radius 3 is 2.69 bits per heavy atom. The van der Waals surface area contributed by atoms with Crippen LogP contribution in [0.15, 0.2) is 18.2 Å². The van der Waals surface area contributed by atoms with Gasteiger partial charge >= 0.3 is 5.97 Å². The van der Waals surface area contributed by atoms with Crippen molar-refractivity contribution in [3.8, 4) is 0 Å². The summed E-state index contributed by atoms with van der Waals surface area (Å²) in [6, 6.07) is 4.57. The molecule has 1 aromatic carbocycles. The van der Waals surface area contributed by atoms with Crippen molar-refractivity contribution in [2.24, 2.45) is 0 Å². The molecule has 0 saturated heterocycles. The molecule has 88 valence electrons. The number of hydrogen-bond acceptors (Lipinski definition) is 2. The number of hydrogen-bond donors (Lipinski definition) is 1. The lowest BCUT2D eigenvalue weighted by atomic mass is 10.1. The Morgan fingerprint density at radius 2 is 2.12 bits per heavy atom. The molecule has 0 unspecified atom stereocenters. The number of halogens is 1. The van der Waals surface area contributed by atoms with E-state index >= 15 is 0 Å². The molecule has 0 aliphatic heterocycles. The maximum absolute atomic E-state index is 13.0. The van der Waals surface area contributed by atoms with E-state index in [9.17, 15) is 9.18 Å². The van der Waals surface area contributed by atoms with Crippen molar-refractivity contribution in [1.29, 1.82) is 0 Å². The first-order chi connectivity index (χ1) is 7.33. The summed E-state index contributed by atoms with van der Waals surface area (Å²) >= 11 is 1.30.